The number of hydrogen-bond acceptors (Lipinski definition) is 3. The summed E-state index contributed by atoms with van der Waals surface area (Å²) in [5, 5.41) is 2.72. The molecular weight excluding hydrogens is 333 g/mol. The highest BCUT2D eigenvalue weighted by Gasteiger charge is 2.30. The summed E-state index contributed by atoms with van der Waals surface area (Å²) in [7, 11) is 0. The molecule has 1 fully saturated rings. The maximum Gasteiger partial charge on any atom is 0.416 e. The number of carbonyl (C=O) groups excluding carboxylic acids is 1. The first-order valence-electron chi connectivity index (χ1n) is 7.19. The average molecular weight is 353 g/mol. The van der Waals surface area contributed by atoms with Gasteiger partial charge in [0.2, 0.25) is 5.91 Å². The Morgan fingerprint density at radius 1 is 1.35 bits per heavy atom. The number of carbonyl (C=O) groups is 1. The standard InChI is InChI=1S/C15H19F3N2O2.ClH/c16-15(17,18)11-2-1-3-13(9-11)22-7-6-20-14(21)10-4-5-12(19)8-10;/h1-3,9-10,12H,4-8,19H2,(H,20,21);1H. The largest absolute Gasteiger partial charge is 0.492 e. The molecule has 1 aliphatic rings. The number of amides is 1. The summed E-state index contributed by atoms with van der Waals surface area (Å²) in [5.74, 6) is -0.00360. The summed E-state index contributed by atoms with van der Waals surface area (Å²) in [6, 6.07) is 4.75. The molecule has 1 aromatic carbocycles. The van der Waals surface area contributed by atoms with Crippen LogP contribution in [0, 0.1) is 5.92 Å². The van der Waals surface area contributed by atoms with Gasteiger partial charge in [0.1, 0.15) is 12.4 Å². The van der Waals surface area contributed by atoms with Gasteiger partial charge < -0.3 is 15.8 Å². The minimum absolute atomic E-state index is 0. The fourth-order valence-electron chi connectivity index (χ4n) is 2.50. The van der Waals surface area contributed by atoms with Crippen LogP contribution >= 0.6 is 12.4 Å². The molecule has 4 nitrogen and oxygen atoms in total. The van der Waals surface area contributed by atoms with Crippen molar-refractivity contribution in [2.45, 2.75) is 31.5 Å². The van der Waals surface area contributed by atoms with Gasteiger partial charge in [-0.1, -0.05) is 6.07 Å². The molecule has 3 N–H and O–H groups in total. The lowest BCUT2D eigenvalue weighted by Crippen LogP contribution is -2.33. The first-order chi connectivity index (χ1) is 10.4. The Balaban J connectivity index is 0.00000264. The molecule has 1 amide bonds. The van der Waals surface area contributed by atoms with Crippen LogP contribution in [-0.4, -0.2) is 25.1 Å². The molecule has 1 aliphatic carbocycles. The van der Waals surface area contributed by atoms with Crippen LogP contribution in [0.15, 0.2) is 24.3 Å². The van der Waals surface area contributed by atoms with Crippen molar-refractivity contribution in [3.8, 4) is 5.75 Å². The van der Waals surface area contributed by atoms with Crippen LogP contribution < -0.4 is 15.8 Å². The van der Waals surface area contributed by atoms with Gasteiger partial charge in [-0.25, -0.2) is 0 Å². The summed E-state index contributed by atoms with van der Waals surface area (Å²) in [6.07, 6.45) is -2.09. The molecule has 0 bridgehead atoms. The molecule has 23 heavy (non-hydrogen) atoms. The first-order valence-corrected chi connectivity index (χ1v) is 7.19. The van der Waals surface area contributed by atoms with Crippen molar-refractivity contribution in [1.82, 2.24) is 5.32 Å². The molecule has 130 valence electrons. The molecule has 8 heteroatoms. The minimum Gasteiger partial charge on any atom is -0.492 e. The number of rotatable bonds is 5. The van der Waals surface area contributed by atoms with Crippen molar-refractivity contribution in [2.24, 2.45) is 11.7 Å². The summed E-state index contributed by atoms with van der Waals surface area (Å²) in [6.45, 7) is 0.368. The Morgan fingerprint density at radius 2 is 2.09 bits per heavy atom. The molecule has 0 spiro atoms. The molecule has 2 rings (SSSR count). The third kappa shape index (κ3) is 5.91. The summed E-state index contributed by atoms with van der Waals surface area (Å²) >= 11 is 0. The van der Waals surface area contributed by atoms with Crippen LogP contribution in [-0.2, 0) is 11.0 Å². The van der Waals surface area contributed by atoms with Crippen molar-refractivity contribution in [2.75, 3.05) is 13.2 Å². The van der Waals surface area contributed by atoms with Crippen LogP contribution in [0.3, 0.4) is 0 Å². The second-order valence-electron chi connectivity index (χ2n) is 5.44. The molecule has 0 heterocycles. The predicted octanol–water partition coefficient (Wildman–Crippen LogP) is 2.75. The van der Waals surface area contributed by atoms with Crippen LogP contribution in [0.1, 0.15) is 24.8 Å². The van der Waals surface area contributed by atoms with E-state index in [1.165, 1.54) is 12.1 Å². The van der Waals surface area contributed by atoms with Gasteiger partial charge >= 0.3 is 6.18 Å². The third-order valence-electron chi connectivity index (χ3n) is 3.68. The zero-order chi connectivity index (χ0) is 16.2. The third-order valence-corrected chi connectivity index (χ3v) is 3.68. The van der Waals surface area contributed by atoms with E-state index in [4.69, 9.17) is 10.5 Å². The quantitative estimate of drug-likeness (QED) is 0.801. The molecule has 0 aliphatic heterocycles. The maximum absolute atomic E-state index is 12.5. The number of ether oxygens (including phenoxy) is 1. The lowest BCUT2D eigenvalue weighted by atomic mass is 10.1. The fraction of sp³-hybridized carbons (Fsp3) is 0.533. The fourth-order valence-corrected chi connectivity index (χ4v) is 2.50. The van der Waals surface area contributed by atoms with E-state index in [1.54, 1.807) is 0 Å². The van der Waals surface area contributed by atoms with Gasteiger partial charge in [-0.15, -0.1) is 12.4 Å². The van der Waals surface area contributed by atoms with Crippen LogP contribution in [0.2, 0.25) is 0 Å². The van der Waals surface area contributed by atoms with E-state index in [-0.39, 0.29) is 49.2 Å². The van der Waals surface area contributed by atoms with Gasteiger partial charge in [0.15, 0.2) is 0 Å². The highest BCUT2D eigenvalue weighted by atomic mass is 35.5. The van der Waals surface area contributed by atoms with E-state index >= 15 is 0 Å². The number of halogens is 4. The van der Waals surface area contributed by atoms with Crippen molar-refractivity contribution in [3.63, 3.8) is 0 Å². The van der Waals surface area contributed by atoms with Crippen molar-refractivity contribution < 1.29 is 22.7 Å². The normalized spacial score (nSPS) is 20.7. The van der Waals surface area contributed by atoms with Crippen molar-refractivity contribution >= 4 is 18.3 Å². The van der Waals surface area contributed by atoms with E-state index in [1.807, 2.05) is 0 Å². The Hall–Kier alpha value is -1.47. The van der Waals surface area contributed by atoms with Crippen molar-refractivity contribution in [1.29, 1.82) is 0 Å². The zero-order valence-corrected chi connectivity index (χ0v) is 13.3. The van der Waals surface area contributed by atoms with Crippen LogP contribution in [0.25, 0.3) is 0 Å². The van der Waals surface area contributed by atoms with E-state index in [2.05, 4.69) is 5.32 Å². The Bertz CT molecular complexity index is 526. The molecule has 2 unspecified atom stereocenters. The average Bonchev–Trinajstić information content (AvgIpc) is 2.89. The van der Waals surface area contributed by atoms with E-state index in [9.17, 15) is 18.0 Å². The molecule has 1 aromatic rings. The second-order valence-corrected chi connectivity index (χ2v) is 5.44. The SMILES string of the molecule is Cl.NC1CCC(C(=O)NCCOc2cccc(C(F)(F)F)c2)C1. The number of benzene rings is 1. The summed E-state index contributed by atoms with van der Waals surface area (Å²) in [4.78, 5) is 11.8. The second kappa shape index (κ2) is 8.40. The van der Waals surface area contributed by atoms with Gasteiger partial charge in [-0.05, 0) is 37.5 Å². The van der Waals surface area contributed by atoms with E-state index < -0.39 is 11.7 Å². The zero-order valence-electron chi connectivity index (χ0n) is 12.4. The Morgan fingerprint density at radius 3 is 2.70 bits per heavy atom. The highest BCUT2D eigenvalue weighted by molar-refractivity contribution is 5.85. The van der Waals surface area contributed by atoms with E-state index in [0.717, 1.165) is 25.0 Å². The molecule has 0 saturated heterocycles. The first kappa shape index (κ1) is 19.6. The number of nitrogens with one attached hydrogen (secondary N) is 1. The molecule has 0 radical (unpaired) electrons. The minimum atomic E-state index is -4.39. The Kier molecular flexibility index (Phi) is 7.15. The smallest absolute Gasteiger partial charge is 0.416 e. The topological polar surface area (TPSA) is 64.4 Å². The van der Waals surface area contributed by atoms with Crippen LogP contribution in [0.4, 0.5) is 13.2 Å². The van der Waals surface area contributed by atoms with Gasteiger partial charge in [-0.2, -0.15) is 13.2 Å². The van der Waals surface area contributed by atoms with Gasteiger partial charge in [-0.3, -0.25) is 4.79 Å². The molecule has 2 atom stereocenters. The van der Waals surface area contributed by atoms with Gasteiger partial charge in [0, 0.05) is 12.0 Å². The Labute approximate surface area is 139 Å². The monoisotopic (exact) mass is 352 g/mol. The predicted molar refractivity (Wildman–Crippen MR) is 82.5 cm³/mol. The van der Waals surface area contributed by atoms with E-state index in [0.29, 0.717) is 6.42 Å². The lowest BCUT2D eigenvalue weighted by Gasteiger charge is -2.12. The summed E-state index contributed by atoms with van der Waals surface area (Å²) in [5.41, 5.74) is 4.99. The van der Waals surface area contributed by atoms with Gasteiger partial charge in [0.25, 0.3) is 0 Å². The maximum atomic E-state index is 12.5. The molecular formula is C15H20ClF3N2O2. The molecule has 1 saturated carbocycles. The van der Waals surface area contributed by atoms with Crippen molar-refractivity contribution in [3.05, 3.63) is 29.8 Å². The van der Waals surface area contributed by atoms with Crippen LogP contribution in [0.5, 0.6) is 5.75 Å². The molecule has 0 aromatic heterocycles. The lowest BCUT2D eigenvalue weighted by molar-refractivity contribution is -0.137. The summed E-state index contributed by atoms with van der Waals surface area (Å²) < 4.78 is 42.9. The number of nitrogens with two attached hydrogens (primary N) is 1. The van der Waals surface area contributed by atoms with Gasteiger partial charge in [0.05, 0.1) is 12.1 Å². The highest BCUT2D eigenvalue weighted by Crippen LogP contribution is 2.31. The number of alkyl halides is 3. The number of hydrogen-bond donors (Lipinski definition) is 2.